The zero-order valence-corrected chi connectivity index (χ0v) is 11.1. The highest BCUT2D eigenvalue weighted by molar-refractivity contribution is 5.90. The van der Waals surface area contributed by atoms with Crippen molar-refractivity contribution in [1.82, 2.24) is 0 Å². The molecule has 0 aliphatic rings. The van der Waals surface area contributed by atoms with Crippen LogP contribution in [-0.4, -0.2) is 41.2 Å². The van der Waals surface area contributed by atoms with Gasteiger partial charge in [0.05, 0.1) is 0 Å². The van der Waals surface area contributed by atoms with Crippen molar-refractivity contribution in [2.45, 2.75) is 38.0 Å². The largest absolute Gasteiger partial charge is 0.478 e. The summed E-state index contributed by atoms with van der Waals surface area (Å²) in [6.07, 6.45) is -9.42. The number of rotatable bonds is 6. The first kappa shape index (κ1) is 20.2. The van der Waals surface area contributed by atoms with Crippen molar-refractivity contribution < 1.29 is 50.2 Å². The zero-order chi connectivity index (χ0) is 17.9. The molecule has 1 atom stereocenters. The predicted octanol–water partition coefficient (Wildman–Crippen LogP) is 3.03. The molecule has 0 saturated carbocycles. The number of hydrogen-bond donors (Lipinski definition) is 1. The number of aliphatic carboxylic acids is 1. The van der Waals surface area contributed by atoms with E-state index in [0.29, 0.717) is 0 Å². The second kappa shape index (κ2) is 6.53. The van der Waals surface area contributed by atoms with Crippen LogP contribution in [0.2, 0.25) is 0 Å². The summed E-state index contributed by atoms with van der Waals surface area (Å²) in [6, 6.07) is 0. The lowest BCUT2D eigenvalue weighted by Gasteiger charge is -2.35. The van der Waals surface area contributed by atoms with E-state index in [0.717, 1.165) is 13.8 Å². The maximum absolute atomic E-state index is 13.5. The van der Waals surface area contributed by atoms with E-state index in [1.54, 1.807) is 0 Å². The monoisotopic (exact) mass is 340 g/mol. The van der Waals surface area contributed by atoms with Gasteiger partial charge in [-0.1, -0.05) is 13.8 Å². The summed E-state index contributed by atoms with van der Waals surface area (Å²) in [6.45, 7) is 1.67. The van der Waals surface area contributed by atoms with Gasteiger partial charge in [0.15, 0.2) is 6.10 Å². The Morgan fingerprint density at radius 3 is 1.77 bits per heavy atom. The first-order valence-electron chi connectivity index (χ1n) is 5.58. The molecule has 0 aliphatic carbocycles. The summed E-state index contributed by atoms with van der Waals surface area (Å²) in [7, 11) is 0. The van der Waals surface area contributed by atoms with Gasteiger partial charge in [0.25, 0.3) is 0 Å². The highest BCUT2D eigenvalue weighted by Gasteiger charge is 2.76. The SMILES string of the molecule is CC(C)C(OC(=O)/C=C\C(=O)O)C(F)(F)C(F)(F)C(F)(F)F. The van der Waals surface area contributed by atoms with Crippen LogP contribution in [0.4, 0.5) is 30.7 Å². The quantitative estimate of drug-likeness (QED) is 0.459. The third kappa shape index (κ3) is 4.34. The number of carboxylic acids is 1. The molecule has 0 rings (SSSR count). The molecule has 0 heterocycles. The number of ether oxygens (including phenoxy) is 1. The summed E-state index contributed by atoms with van der Waals surface area (Å²) in [5, 5.41) is 8.19. The van der Waals surface area contributed by atoms with Crippen LogP contribution in [-0.2, 0) is 14.3 Å². The predicted molar refractivity (Wildman–Crippen MR) is 57.4 cm³/mol. The number of carboxylic acid groups (broad SMARTS) is 1. The van der Waals surface area contributed by atoms with Gasteiger partial charge in [-0.05, 0) is 5.92 Å². The van der Waals surface area contributed by atoms with Crippen molar-refractivity contribution in [3.05, 3.63) is 12.2 Å². The van der Waals surface area contributed by atoms with Gasteiger partial charge in [-0.15, -0.1) is 0 Å². The van der Waals surface area contributed by atoms with Gasteiger partial charge in [-0.2, -0.15) is 30.7 Å². The second-order valence-electron chi connectivity index (χ2n) is 4.47. The lowest BCUT2D eigenvalue weighted by atomic mass is 9.95. The van der Waals surface area contributed by atoms with E-state index in [1.165, 1.54) is 0 Å². The van der Waals surface area contributed by atoms with Crippen molar-refractivity contribution in [3.8, 4) is 0 Å². The molecule has 11 heteroatoms. The molecule has 0 fully saturated rings. The number of carbonyl (C=O) groups excluding carboxylic acids is 1. The molecule has 0 aromatic heterocycles. The standard InChI is InChI=1S/C11H11F7O4/c1-5(2)8(22-7(21)4-3-6(19)20)9(12,13)10(14,15)11(16,17)18/h3-5,8H,1-2H3,(H,19,20)/b4-3-. The fraction of sp³-hybridized carbons (Fsp3) is 0.636. The van der Waals surface area contributed by atoms with Crippen LogP contribution in [0.3, 0.4) is 0 Å². The van der Waals surface area contributed by atoms with E-state index in [1.807, 2.05) is 0 Å². The molecule has 128 valence electrons. The topological polar surface area (TPSA) is 63.6 Å². The Bertz CT molecular complexity index is 454. The van der Waals surface area contributed by atoms with E-state index in [4.69, 9.17) is 5.11 Å². The third-order valence-electron chi connectivity index (χ3n) is 2.34. The van der Waals surface area contributed by atoms with Crippen molar-refractivity contribution >= 4 is 11.9 Å². The van der Waals surface area contributed by atoms with E-state index in [2.05, 4.69) is 4.74 Å². The first-order valence-corrected chi connectivity index (χ1v) is 5.58. The summed E-state index contributed by atoms with van der Waals surface area (Å²) < 4.78 is 92.9. The van der Waals surface area contributed by atoms with Gasteiger partial charge < -0.3 is 9.84 Å². The minimum Gasteiger partial charge on any atom is -0.478 e. The third-order valence-corrected chi connectivity index (χ3v) is 2.34. The minimum absolute atomic E-state index is 0.111. The molecule has 0 aromatic rings. The van der Waals surface area contributed by atoms with Crippen molar-refractivity contribution in [2.24, 2.45) is 5.92 Å². The normalized spacial score (nSPS) is 15.2. The number of halogens is 7. The van der Waals surface area contributed by atoms with Gasteiger partial charge in [-0.3, -0.25) is 0 Å². The van der Waals surface area contributed by atoms with Crippen LogP contribution in [0.15, 0.2) is 12.2 Å². The Kier molecular flexibility index (Phi) is 5.99. The molecular weight excluding hydrogens is 329 g/mol. The highest BCUT2D eigenvalue weighted by Crippen LogP contribution is 2.49. The average molecular weight is 340 g/mol. The molecule has 4 nitrogen and oxygen atoms in total. The van der Waals surface area contributed by atoms with Gasteiger partial charge in [0, 0.05) is 12.2 Å². The lowest BCUT2D eigenvalue weighted by Crippen LogP contribution is -2.60. The molecule has 0 spiro atoms. The molecule has 0 amide bonds. The van der Waals surface area contributed by atoms with E-state index >= 15 is 0 Å². The van der Waals surface area contributed by atoms with Crippen LogP contribution in [0.5, 0.6) is 0 Å². The number of alkyl halides is 7. The maximum atomic E-state index is 13.5. The fourth-order valence-electron chi connectivity index (χ4n) is 1.30. The second-order valence-corrected chi connectivity index (χ2v) is 4.47. The molecule has 0 bridgehead atoms. The van der Waals surface area contributed by atoms with Crippen LogP contribution >= 0.6 is 0 Å². The Labute approximate surface area is 119 Å². The molecule has 0 radical (unpaired) electrons. The zero-order valence-electron chi connectivity index (χ0n) is 11.1. The van der Waals surface area contributed by atoms with Gasteiger partial charge in [-0.25, -0.2) is 9.59 Å². The molecule has 0 aliphatic heterocycles. The maximum Gasteiger partial charge on any atom is 0.460 e. The van der Waals surface area contributed by atoms with Crippen LogP contribution < -0.4 is 0 Å². The Hall–Kier alpha value is -1.81. The Balaban J connectivity index is 5.50. The molecule has 22 heavy (non-hydrogen) atoms. The molecule has 0 aromatic carbocycles. The summed E-state index contributed by atoms with van der Waals surface area (Å²) in [5.41, 5.74) is 0. The van der Waals surface area contributed by atoms with Crippen molar-refractivity contribution in [3.63, 3.8) is 0 Å². The Morgan fingerprint density at radius 2 is 1.45 bits per heavy atom. The van der Waals surface area contributed by atoms with Gasteiger partial charge in [0.1, 0.15) is 0 Å². The van der Waals surface area contributed by atoms with E-state index in [9.17, 15) is 40.3 Å². The molecule has 0 saturated heterocycles. The number of hydrogen-bond acceptors (Lipinski definition) is 3. The minimum atomic E-state index is -6.56. The summed E-state index contributed by atoms with van der Waals surface area (Å²) in [4.78, 5) is 21.2. The van der Waals surface area contributed by atoms with Crippen LogP contribution in [0.1, 0.15) is 13.8 Å². The number of carbonyl (C=O) groups is 2. The van der Waals surface area contributed by atoms with Crippen LogP contribution in [0.25, 0.3) is 0 Å². The van der Waals surface area contributed by atoms with E-state index in [-0.39, 0.29) is 12.2 Å². The average Bonchev–Trinajstić information content (AvgIpc) is 2.31. The number of esters is 1. The van der Waals surface area contributed by atoms with Crippen LogP contribution in [0, 0.1) is 5.92 Å². The first-order chi connectivity index (χ1) is 9.64. The van der Waals surface area contributed by atoms with Crippen molar-refractivity contribution in [1.29, 1.82) is 0 Å². The van der Waals surface area contributed by atoms with Crippen molar-refractivity contribution in [2.75, 3.05) is 0 Å². The van der Waals surface area contributed by atoms with Gasteiger partial charge >= 0.3 is 30.0 Å². The summed E-state index contributed by atoms with van der Waals surface area (Å²) in [5.74, 6) is -17.3. The van der Waals surface area contributed by atoms with Gasteiger partial charge in [0.2, 0.25) is 0 Å². The summed E-state index contributed by atoms with van der Waals surface area (Å²) >= 11 is 0. The lowest BCUT2D eigenvalue weighted by molar-refractivity contribution is -0.373. The fourth-order valence-corrected chi connectivity index (χ4v) is 1.30. The molecule has 1 N–H and O–H groups in total. The molecular formula is C11H11F7O4. The smallest absolute Gasteiger partial charge is 0.460 e. The molecule has 1 unspecified atom stereocenters. The highest BCUT2D eigenvalue weighted by atomic mass is 19.4. The Morgan fingerprint density at radius 1 is 1.00 bits per heavy atom. The van der Waals surface area contributed by atoms with E-state index < -0.39 is 42.0 Å².